The molecule has 0 atom stereocenters. The first kappa shape index (κ1) is 14.8. The van der Waals surface area contributed by atoms with Crippen molar-refractivity contribution in [2.24, 2.45) is 0 Å². The van der Waals surface area contributed by atoms with Gasteiger partial charge in [0, 0.05) is 23.0 Å². The summed E-state index contributed by atoms with van der Waals surface area (Å²) in [6, 6.07) is 21.6. The van der Waals surface area contributed by atoms with E-state index in [1.165, 1.54) is 0 Å². The molecule has 2 aromatic carbocycles. The van der Waals surface area contributed by atoms with Crippen LogP contribution >= 0.6 is 0 Å². The first-order valence-corrected chi connectivity index (χ1v) is 7.41. The number of aryl methyl sites for hydroxylation is 1. The van der Waals surface area contributed by atoms with Gasteiger partial charge in [-0.15, -0.1) is 0 Å². The summed E-state index contributed by atoms with van der Waals surface area (Å²) in [6.45, 7) is 2.43. The number of hydrogen-bond acceptors (Lipinski definition) is 3. The van der Waals surface area contributed by atoms with Gasteiger partial charge in [-0.25, -0.2) is 0 Å². The molecule has 0 radical (unpaired) electrons. The van der Waals surface area contributed by atoms with Crippen molar-refractivity contribution >= 4 is 0 Å². The Kier molecular flexibility index (Phi) is 4.35. The van der Waals surface area contributed by atoms with E-state index in [2.05, 4.69) is 11.1 Å². The fraction of sp³-hybridized carbons (Fsp3) is 0.100. The molecular formula is C20H16N2O. The van der Waals surface area contributed by atoms with Gasteiger partial charge in [0.1, 0.15) is 12.4 Å². The molecular weight excluding hydrogens is 284 g/mol. The molecule has 0 N–H and O–H groups in total. The molecule has 3 aromatic rings. The molecule has 1 aromatic heterocycles. The molecule has 0 saturated carbocycles. The molecule has 3 nitrogen and oxygen atoms in total. The number of rotatable bonds is 4. The first-order valence-electron chi connectivity index (χ1n) is 7.41. The number of nitriles is 1. The van der Waals surface area contributed by atoms with Crippen LogP contribution in [-0.4, -0.2) is 4.98 Å². The van der Waals surface area contributed by atoms with E-state index in [-0.39, 0.29) is 0 Å². The Balaban J connectivity index is 1.97. The SMILES string of the molecule is Cc1ncccc1-c1ccc(C#N)cc1OCc1ccccc1. The highest BCUT2D eigenvalue weighted by Gasteiger charge is 2.11. The maximum atomic E-state index is 9.15. The predicted molar refractivity (Wildman–Crippen MR) is 89.9 cm³/mol. The fourth-order valence-corrected chi connectivity index (χ4v) is 2.44. The Morgan fingerprint density at radius 1 is 1.00 bits per heavy atom. The number of benzene rings is 2. The minimum absolute atomic E-state index is 0.460. The van der Waals surface area contributed by atoms with Gasteiger partial charge in [0.05, 0.1) is 11.6 Å². The maximum Gasteiger partial charge on any atom is 0.129 e. The second kappa shape index (κ2) is 6.76. The Labute approximate surface area is 135 Å². The minimum Gasteiger partial charge on any atom is -0.488 e. The van der Waals surface area contributed by atoms with E-state index in [9.17, 15) is 0 Å². The third kappa shape index (κ3) is 3.38. The van der Waals surface area contributed by atoms with E-state index in [1.807, 2.05) is 55.5 Å². The van der Waals surface area contributed by atoms with E-state index in [0.717, 1.165) is 22.4 Å². The van der Waals surface area contributed by atoms with Gasteiger partial charge in [0.2, 0.25) is 0 Å². The van der Waals surface area contributed by atoms with Crippen LogP contribution in [0.25, 0.3) is 11.1 Å². The quantitative estimate of drug-likeness (QED) is 0.712. The van der Waals surface area contributed by atoms with Crippen molar-refractivity contribution < 1.29 is 4.74 Å². The number of aromatic nitrogens is 1. The van der Waals surface area contributed by atoms with Crippen LogP contribution in [0.2, 0.25) is 0 Å². The topological polar surface area (TPSA) is 45.9 Å². The smallest absolute Gasteiger partial charge is 0.129 e. The predicted octanol–water partition coefficient (Wildman–Crippen LogP) is 4.51. The van der Waals surface area contributed by atoms with Crippen molar-refractivity contribution in [3.63, 3.8) is 0 Å². The highest BCUT2D eigenvalue weighted by molar-refractivity contribution is 5.73. The van der Waals surface area contributed by atoms with Gasteiger partial charge in [-0.05, 0) is 36.8 Å². The van der Waals surface area contributed by atoms with Gasteiger partial charge in [0.15, 0.2) is 0 Å². The molecule has 0 amide bonds. The average Bonchev–Trinajstić information content (AvgIpc) is 2.61. The van der Waals surface area contributed by atoms with Crippen molar-refractivity contribution in [3.8, 4) is 22.9 Å². The summed E-state index contributed by atoms with van der Waals surface area (Å²) in [4.78, 5) is 4.34. The zero-order chi connectivity index (χ0) is 16.1. The monoisotopic (exact) mass is 300 g/mol. The van der Waals surface area contributed by atoms with Crippen LogP contribution in [0.4, 0.5) is 0 Å². The number of hydrogen-bond donors (Lipinski definition) is 0. The molecule has 3 rings (SSSR count). The average molecular weight is 300 g/mol. The summed E-state index contributed by atoms with van der Waals surface area (Å²) in [7, 11) is 0. The molecule has 1 heterocycles. The lowest BCUT2D eigenvalue weighted by molar-refractivity contribution is 0.307. The van der Waals surface area contributed by atoms with Gasteiger partial charge in [-0.3, -0.25) is 4.98 Å². The normalized spacial score (nSPS) is 10.1. The molecule has 0 unspecified atom stereocenters. The molecule has 0 aliphatic heterocycles. The highest BCUT2D eigenvalue weighted by Crippen LogP contribution is 2.32. The molecule has 23 heavy (non-hydrogen) atoms. The van der Waals surface area contributed by atoms with Crippen molar-refractivity contribution in [3.05, 3.63) is 83.7 Å². The summed E-state index contributed by atoms with van der Waals surface area (Å²) < 4.78 is 6.00. The van der Waals surface area contributed by atoms with Crippen LogP contribution in [-0.2, 0) is 6.61 Å². The number of ether oxygens (including phenoxy) is 1. The fourth-order valence-electron chi connectivity index (χ4n) is 2.44. The van der Waals surface area contributed by atoms with Crippen molar-refractivity contribution in [1.82, 2.24) is 4.98 Å². The third-order valence-corrected chi connectivity index (χ3v) is 3.64. The van der Waals surface area contributed by atoms with Crippen molar-refractivity contribution in [1.29, 1.82) is 5.26 Å². The van der Waals surface area contributed by atoms with Gasteiger partial charge < -0.3 is 4.74 Å². The second-order valence-corrected chi connectivity index (χ2v) is 5.23. The number of nitrogens with zero attached hydrogens (tertiary/aromatic N) is 2. The van der Waals surface area contributed by atoms with Crippen LogP contribution in [0.5, 0.6) is 5.75 Å². The Hall–Kier alpha value is -3.12. The highest BCUT2D eigenvalue weighted by atomic mass is 16.5. The second-order valence-electron chi connectivity index (χ2n) is 5.23. The molecule has 0 bridgehead atoms. The summed E-state index contributed by atoms with van der Waals surface area (Å²) >= 11 is 0. The molecule has 0 fully saturated rings. The largest absolute Gasteiger partial charge is 0.488 e. The first-order chi connectivity index (χ1) is 11.3. The van der Waals surface area contributed by atoms with Crippen molar-refractivity contribution in [2.45, 2.75) is 13.5 Å². The standard InChI is InChI=1S/C20H16N2O/c1-15-18(8-5-11-22-15)19-10-9-17(13-21)12-20(19)23-14-16-6-3-2-4-7-16/h2-12H,14H2,1H3. The van der Waals surface area contributed by atoms with Crippen LogP contribution in [0, 0.1) is 18.3 Å². The van der Waals surface area contributed by atoms with Crippen molar-refractivity contribution in [2.75, 3.05) is 0 Å². The third-order valence-electron chi connectivity index (χ3n) is 3.64. The molecule has 0 saturated heterocycles. The summed E-state index contributed by atoms with van der Waals surface area (Å²) in [5.74, 6) is 0.698. The van der Waals surface area contributed by atoms with E-state index in [4.69, 9.17) is 10.00 Å². The molecule has 112 valence electrons. The minimum atomic E-state index is 0.460. The lowest BCUT2D eigenvalue weighted by atomic mass is 10.0. The van der Waals surface area contributed by atoms with E-state index < -0.39 is 0 Å². The molecule has 3 heteroatoms. The molecule has 0 aliphatic carbocycles. The van der Waals surface area contributed by atoms with Crippen LogP contribution < -0.4 is 4.74 Å². The maximum absolute atomic E-state index is 9.15. The van der Waals surface area contributed by atoms with Gasteiger partial charge in [-0.1, -0.05) is 36.4 Å². The van der Waals surface area contributed by atoms with E-state index in [0.29, 0.717) is 17.9 Å². The zero-order valence-corrected chi connectivity index (χ0v) is 12.9. The van der Waals surface area contributed by atoms with Crippen LogP contribution in [0.3, 0.4) is 0 Å². The summed E-state index contributed by atoms with van der Waals surface area (Å²) in [5.41, 5.74) is 4.56. The lowest BCUT2D eigenvalue weighted by Crippen LogP contribution is -1.98. The van der Waals surface area contributed by atoms with Crippen LogP contribution in [0.1, 0.15) is 16.8 Å². The van der Waals surface area contributed by atoms with Gasteiger partial charge in [0.25, 0.3) is 0 Å². The zero-order valence-electron chi connectivity index (χ0n) is 12.9. The van der Waals surface area contributed by atoms with Gasteiger partial charge >= 0.3 is 0 Å². The number of pyridine rings is 1. The molecule has 0 spiro atoms. The van der Waals surface area contributed by atoms with E-state index in [1.54, 1.807) is 18.3 Å². The van der Waals surface area contributed by atoms with E-state index >= 15 is 0 Å². The van der Waals surface area contributed by atoms with Crippen LogP contribution in [0.15, 0.2) is 66.9 Å². The van der Waals surface area contributed by atoms with Gasteiger partial charge in [-0.2, -0.15) is 5.26 Å². The summed E-state index contributed by atoms with van der Waals surface area (Å²) in [6.07, 6.45) is 1.77. The Morgan fingerprint density at radius 3 is 2.57 bits per heavy atom. The Morgan fingerprint density at radius 2 is 1.83 bits per heavy atom. The molecule has 0 aliphatic rings. The lowest BCUT2D eigenvalue weighted by Gasteiger charge is -2.13. The summed E-state index contributed by atoms with van der Waals surface area (Å²) in [5, 5.41) is 9.15. The Bertz CT molecular complexity index is 851.